The van der Waals surface area contributed by atoms with Gasteiger partial charge < -0.3 is 5.32 Å². The highest BCUT2D eigenvalue weighted by atomic mass is 32.2. The molecule has 1 saturated heterocycles. The summed E-state index contributed by atoms with van der Waals surface area (Å²) in [6, 6.07) is 0. The van der Waals surface area contributed by atoms with Crippen molar-refractivity contribution in [1.29, 1.82) is 0 Å². The molecule has 0 spiro atoms. The molecule has 0 aliphatic carbocycles. The number of nitrogens with one attached hydrogen (secondary N) is 1. The third-order valence-corrected chi connectivity index (χ3v) is 6.06. The molecular weight excluding hydrogens is 248 g/mol. The summed E-state index contributed by atoms with van der Waals surface area (Å²) in [5.41, 5.74) is 1.48. The lowest BCUT2D eigenvalue weighted by atomic mass is 9.71. The van der Waals surface area contributed by atoms with Crippen LogP contribution in [0, 0.1) is 12.3 Å². The quantitative estimate of drug-likeness (QED) is 0.911. The maximum atomic E-state index is 4.76. The number of hydrogen-bond acceptors (Lipinski definition) is 4. The molecule has 2 rings (SSSR count). The lowest BCUT2D eigenvalue weighted by molar-refractivity contribution is 0.131. The van der Waals surface area contributed by atoms with E-state index in [0.29, 0.717) is 0 Å². The van der Waals surface area contributed by atoms with Gasteiger partial charge in [0.1, 0.15) is 5.01 Å². The topological polar surface area (TPSA) is 24.9 Å². The third-order valence-electron chi connectivity index (χ3n) is 3.81. The van der Waals surface area contributed by atoms with Crippen LogP contribution in [-0.4, -0.2) is 23.0 Å². The minimum absolute atomic E-state index is 0.0591. The first kappa shape index (κ1) is 13.4. The van der Waals surface area contributed by atoms with Gasteiger partial charge in [0, 0.05) is 16.8 Å². The summed E-state index contributed by atoms with van der Waals surface area (Å²) in [6.45, 7) is 10.0. The fourth-order valence-electron chi connectivity index (χ4n) is 2.53. The Morgan fingerprint density at radius 2 is 2.24 bits per heavy atom. The Balaban J connectivity index is 2.43. The molecule has 0 saturated carbocycles. The molecule has 0 bridgehead atoms. The monoisotopic (exact) mass is 270 g/mol. The van der Waals surface area contributed by atoms with Crippen molar-refractivity contribution < 1.29 is 0 Å². The van der Waals surface area contributed by atoms with Crippen LogP contribution in [0.5, 0.6) is 0 Å². The molecule has 1 aliphatic heterocycles. The van der Waals surface area contributed by atoms with Crippen LogP contribution < -0.4 is 5.32 Å². The van der Waals surface area contributed by atoms with Gasteiger partial charge in [-0.05, 0) is 31.1 Å². The van der Waals surface area contributed by atoms with E-state index in [1.807, 2.05) is 11.3 Å². The third kappa shape index (κ3) is 2.27. The largest absolute Gasteiger partial charge is 0.305 e. The average molecular weight is 270 g/mol. The van der Waals surface area contributed by atoms with Crippen LogP contribution >= 0.6 is 23.1 Å². The van der Waals surface area contributed by atoms with E-state index in [-0.39, 0.29) is 11.0 Å². The second kappa shape index (κ2) is 4.90. The van der Waals surface area contributed by atoms with Gasteiger partial charge in [0.25, 0.3) is 0 Å². The van der Waals surface area contributed by atoms with E-state index < -0.39 is 0 Å². The van der Waals surface area contributed by atoms with Crippen molar-refractivity contribution in [1.82, 2.24) is 10.3 Å². The molecule has 2 nitrogen and oxygen atoms in total. The average Bonchev–Trinajstić information content (AvgIpc) is 2.68. The number of aryl methyl sites for hydroxylation is 1. The molecule has 1 aromatic rings. The van der Waals surface area contributed by atoms with Gasteiger partial charge in [-0.25, -0.2) is 4.98 Å². The normalized spacial score (nSPS) is 28.2. The Kier molecular flexibility index (Phi) is 3.86. The zero-order valence-electron chi connectivity index (χ0n) is 11.2. The Morgan fingerprint density at radius 1 is 1.47 bits per heavy atom. The van der Waals surface area contributed by atoms with Crippen LogP contribution in [0.15, 0.2) is 5.38 Å². The standard InChI is InChI=1S/C13H22N2S2/c1-5-14-13(11-15-10(2)8-17-11)9-16-7-6-12(13,3)4/h8,14H,5-7,9H2,1-4H3. The predicted octanol–water partition coefficient (Wildman–Crippen LogP) is 3.42. The number of nitrogens with zero attached hydrogens (tertiary/aromatic N) is 1. The number of thioether (sulfide) groups is 1. The van der Waals surface area contributed by atoms with Gasteiger partial charge >= 0.3 is 0 Å². The summed E-state index contributed by atoms with van der Waals surface area (Å²) in [7, 11) is 0. The molecule has 0 radical (unpaired) electrons. The molecular formula is C13H22N2S2. The highest BCUT2D eigenvalue weighted by Gasteiger charge is 2.49. The van der Waals surface area contributed by atoms with Crippen LogP contribution in [0.1, 0.15) is 37.9 Å². The number of rotatable bonds is 3. The zero-order chi connectivity index (χ0) is 12.5. The van der Waals surface area contributed by atoms with Crippen molar-refractivity contribution in [3.63, 3.8) is 0 Å². The maximum absolute atomic E-state index is 4.76. The molecule has 17 heavy (non-hydrogen) atoms. The molecule has 1 fully saturated rings. The van der Waals surface area contributed by atoms with Crippen LogP contribution in [0.2, 0.25) is 0 Å². The van der Waals surface area contributed by atoms with Crippen LogP contribution in [-0.2, 0) is 5.54 Å². The first-order chi connectivity index (χ1) is 8.02. The summed E-state index contributed by atoms with van der Waals surface area (Å²) < 4.78 is 0. The Hall–Kier alpha value is -0.0600. The lowest BCUT2D eigenvalue weighted by Gasteiger charge is -2.49. The first-order valence-corrected chi connectivity index (χ1v) is 8.31. The van der Waals surface area contributed by atoms with Gasteiger partial charge in [-0.2, -0.15) is 11.8 Å². The summed E-state index contributed by atoms with van der Waals surface area (Å²) in [4.78, 5) is 4.76. The molecule has 4 heteroatoms. The van der Waals surface area contributed by atoms with Crippen molar-refractivity contribution in [3.05, 3.63) is 16.1 Å². The van der Waals surface area contributed by atoms with Crippen LogP contribution in [0.25, 0.3) is 0 Å². The molecule has 1 atom stereocenters. The summed E-state index contributed by atoms with van der Waals surface area (Å²) in [5.74, 6) is 2.41. The van der Waals surface area contributed by atoms with E-state index in [1.165, 1.54) is 17.2 Å². The smallest absolute Gasteiger partial charge is 0.114 e. The Bertz CT molecular complexity index is 383. The minimum atomic E-state index is 0.0591. The minimum Gasteiger partial charge on any atom is -0.305 e. The highest BCUT2D eigenvalue weighted by molar-refractivity contribution is 7.99. The maximum Gasteiger partial charge on any atom is 0.114 e. The second-order valence-electron chi connectivity index (χ2n) is 5.42. The van der Waals surface area contributed by atoms with Gasteiger partial charge in [0.2, 0.25) is 0 Å². The molecule has 96 valence electrons. The molecule has 0 amide bonds. The number of thiazole rings is 1. The molecule has 1 aliphatic rings. The zero-order valence-corrected chi connectivity index (χ0v) is 12.8. The number of hydrogen-bond donors (Lipinski definition) is 1. The summed E-state index contributed by atoms with van der Waals surface area (Å²) in [6.07, 6.45) is 1.25. The van der Waals surface area contributed by atoms with E-state index in [0.717, 1.165) is 18.0 Å². The van der Waals surface area contributed by atoms with Crippen LogP contribution in [0.4, 0.5) is 0 Å². The Morgan fingerprint density at radius 3 is 2.76 bits per heavy atom. The van der Waals surface area contributed by atoms with E-state index in [4.69, 9.17) is 4.98 Å². The Labute approximate surface area is 113 Å². The van der Waals surface area contributed by atoms with Crippen LogP contribution in [0.3, 0.4) is 0 Å². The fourth-order valence-corrected chi connectivity index (χ4v) is 5.51. The van der Waals surface area contributed by atoms with Crippen molar-refractivity contribution in [3.8, 4) is 0 Å². The number of aromatic nitrogens is 1. The molecule has 1 unspecified atom stereocenters. The van der Waals surface area contributed by atoms with Gasteiger partial charge in [-0.3, -0.25) is 0 Å². The van der Waals surface area contributed by atoms with Crippen molar-refractivity contribution in [2.24, 2.45) is 5.41 Å². The molecule has 1 N–H and O–H groups in total. The van der Waals surface area contributed by atoms with Gasteiger partial charge in [-0.15, -0.1) is 11.3 Å². The van der Waals surface area contributed by atoms with Gasteiger partial charge in [0.05, 0.1) is 5.54 Å². The summed E-state index contributed by atoms with van der Waals surface area (Å²) >= 11 is 3.86. The van der Waals surface area contributed by atoms with Crippen molar-refractivity contribution in [2.45, 2.75) is 39.7 Å². The first-order valence-electron chi connectivity index (χ1n) is 6.27. The predicted molar refractivity (Wildman–Crippen MR) is 77.9 cm³/mol. The molecule has 1 aromatic heterocycles. The lowest BCUT2D eigenvalue weighted by Crippen LogP contribution is -2.57. The van der Waals surface area contributed by atoms with E-state index in [1.54, 1.807) is 0 Å². The van der Waals surface area contributed by atoms with Gasteiger partial charge in [-0.1, -0.05) is 20.8 Å². The van der Waals surface area contributed by atoms with E-state index in [2.05, 4.69) is 50.2 Å². The van der Waals surface area contributed by atoms with E-state index in [9.17, 15) is 0 Å². The molecule has 2 heterocycles. The second-order valence-corrected chi connectivity index (χ2v) is 7.38. The van der Waals surface area contributed by atoms with Gasteiger partial charge in [0.15, 0.2) is 0 Å². The van der Waals surface area contributed by atoms with E-state index >= 15 is 0 Å². The van der Waals surface area contributed by atoms with Crippen molar-refractivity contribution in [2.75, 3.05) is 18.1 Å². The SMILES string of the molecule is CCNC1(c2nc(C)cs2)CSCCC1(C)C. The highest BCUT2D eigenvalue weighted by Crippen LogP contribution is 2.49. The summed E-state index contributed by atoms with van der Waals surface area (Å²) in [5, 5.41) is 7.19. The molecule has 0 aromatic carbocycles. The fraction of sp³-hybridized carbons (Fsp3) is 0.769. The van der Waals surface area contributed by atoms with Crippen molar-refractivity contribution >= 4 is 23.1 Å².